The second-order valence-electron chi connectivity index (χ2n) is 4.75. The van der Waals surface area contributed by atoms with Crippen LogP contribution in [0.4, 0.5) is 11.4 Å². The lowest BCUT2D eigenvalue weighted by Crippen LogP contribution is -2.27. The van der Waals surface area contributed by atoms with Crippen LogP contribution < -0.4 is 15.7 Å². The Balaban J connectivity index is 1.99. The monoisotopic (exact) mass is 383 g/mol. The second-order valence-corrected chi connectivity index (χ2v) is 5.86. The number of aryl methyl sites for hydroxylation is 1. The zero-order chi connectivity index (χ0) is 18.1. The molecule has 0 bridgehead atoms. The number of nitrogens with one attached hydrogen (secondary N) is 2. The molecule has 3 rings (SSSR count). The Kier molecular flexibility index (Phi) is 4.48. The Morgan fingerprint density at radius 1 is 1.40 bits per heavy atom. The third-order valence-corrected chi connectivity index (χ3v) is 3.86. The molecule has 130 valence electrons. The number of fused-ring (bicyclic) bond motifs is 1. The number of halogens is 1. The molecule has 11 nitrogen and oxygen atoms in total. The third kappa shape index (κ3) is 3.22. The highest BCUT2D eigenvalue weighted by Gasteiger charge is 2.19. The van der Waals surface area contributed by atoms with E-state index in [4.69, 9.17) is 16.2 Å². The van der Waals surface area contributed by atoms with E-state index in [1.807, 2.05) is 0 Å². The fourth-order valence-electron chi connectivity index (χ4n) is 2.04. The molecular weight excluding hydrogens is 374 g/mol. The van der Waals surface area contributed by atoms with Crippen molar-refractivity contribution in [3.8, 4) is 0 Å². The predicted molar refractivity (Wildman–Crippen MR) is 89.8 cm³/mol. The summed E-state index contributed by atoms with van der Waals surface area (Å²) in [4.78, 5) is 28.2. The summed E-state index contributed by atoms with van der Waals surface area (Å²) >= 11 is 3.58. The van der Waals surface area contributed by atoms with E-state index < -0.39 is 22.9 Å². The van der Waals surface area contributed by atoms with Gasteiger partial charge in [0.1, 0.15) is 6.33 Å². The van der Waals surface area contributed by atoms with Crippen LogP contribution in [0.5, 0.6) is 0 Å². The van der Waals surface area contributed by atoms with Gasteiger partial charge in [-0.3, -0.25) is 14.1 Å². The quantitative estimate of drug-likeness (QED) is 0.549. The molecule has 0 aliphatic carbocycles. The first-order chi connectivity index (χ1) is 11.9. The van der Waals surface area contributed by atoms with Crippen molar-refractivity contribution in [1.29, 1.82) is 0 Å². The van der Waals surface area contributed by atoms with E-state index in [9.17, 15) is 13.8 Å². The molecule has 0 saturated heterocycles. The summed E-state index contributed by atoms with van der Waals surface area (Å²) in [5.41, 5.74) is -0.469. The Bertz CT molecular complexity index is 1060. The Morgan fingerprint density at radius 3 is 2.88 bits per heavy atom. The lowest BCUT2D eigenvalue weighted by Gasteiger charge is -2.11. The fourth-order valence-corrected chi connectivity index (χ4v) is 2.71. The number of carbonyl (C=O) groups excluding carboxylic acids is 1. The van der Waals surface area contributed by atoms with Crippen LogP contribution in [0.2, 0.25) is 5.02 Å². The van der Waals surface area contributed by atoms with Crippen molar-refractivity contribution in [2.24, 2.45) is 7.05 Å². The standard InChI is InChI=1S/C12H10ClN7O4S/c1-19-12(22)20-5-14-9(10(20)16-18-19)11(21)15-7-4-2-3-6(13)8(7)17-25(23)24/h2-5,17H,1H3,(H,15,21)(H,23,24). The van der Waals surface area contributed by atoms with Crippen LogP contribution >= 0.6 is 11.6 Å². The molecule has 13 heteroatoms. The first kappa shape index (κ1) is 17.0. The largest absolute Gasteiger partial charge is 0.352 e. The van der Waals surface area contributed by atoms with E-state index in [1.165, 1.54) is 19.2 Å². The van der Waals surface area contributed by atoms with Crippen molar-refractivity contribution >= 4 is 45.8 Å². The van der Waals surface area contributed by atoms with Gasteiger partial charge in [0.25, 0.3) is 17.2 Å². The van der Waals surface area contributed by atoms with Gasteiger partial charge in [-0.1, -0.05) is 22.9 Å². The Morgan fingerprint density at radius 2 is 2.16 bits per heavy atom. The van der Waals surface area contributed by atoms with Crippen LogP contribution in [0.3, 0.4) is 0 Å². The molecule has 2 heterocycles. The van der Waals surface area contributed by atoms with Crippen LogP contribution in [0, 0.1) is 0 Å². The molecule has 1 unspecified atom stereocenters. The molecule has 1 aromatic carbocycles. The molecule has 3 N–H and O–H groups in total. The number of imidazole rings is 1. The van der Waals surface area contributed by atoms with Crippen molar-refractivity contribution in [3.05, 3.63) is 45.7 Å². The van der Waals surface area contributed by atoms with Gasteiger partial charge in [0.2, 0.25) is 0 Å². The smallest absolute Gasteiger partial charge is 0.319 e. The molecule has 0 fully saturated rings. The average molecular weight is 384 g/mol. The number of amides is 1. The minimum Gasteiger partial charge on any atom is -0.319 e. The summed E-state index contributed by atoms with van der Waals surface area (Å²) in [5.74, 6) is -0.695. The predicted octanol–water partition coefficient (Wildman–Crippen LogP) is 0.277. The van der Waals surface area contributed by atoms with Crippen LogP contribution in [-0.2, 0) is 18.3 Å². The highest BCUT2D eigenvalue weighted by Crippen LogP contribution is 2.30. The molecular formula is C12H10ClN7O4S. The third-order valence-electron chi connectivity index (χ3n) is 3.17. The number of rotatable bonds is 4. The van der Waals surface area contributed by atoms with E-state index in [2.05, 4.69) is 25.3 Å². The molecule has 3 aromatic rings. The van der Waals surface area contributed by atoms with Gasteiger partial charge in [-0.25, -0.2) is 18.4 Å². The maximum absolute atomic E-state index is 12.5. The number of nitrogens with zero attached hydrogens (tertiary/aromatic N) is 5. The average Bonchev–Trinajstić information content (AvgIpc) is 2.99. The van der Waals surface area contributed by atoms with E-state index >= 15 is 0 Å². The Labute approximate surface area is 147 Å². The van der Waals surface area contributed by atoms with Gasteiger partial charge >= 0.3 is 5.69 Å². The van der Waals surface area contributed by atoms with Crippen LogP contribution in [0.15, 0.2) is 29.3 Å². The molecule has 0 aliphatic rings. The summed E-state index contributed by atoms with van der Waals surface area (Å²) < 4.78 is 24.3. The van der Waals surface area contributed by atoms with Crippen molar-refractivity contribution in [1.82, 2.24) is 24.4 Å². The number of para-hydroxylation sites is 1. The number of benzene rings is 1. The molecule has 0 radical (unpaired) electrons. The van der Waals surface area contributed by atoms with Gasteiger partial charge < -0.3 is 5.32 Å². The number of carbonyl (C=O) groups is 1. The molecule has 1 atom stereocenters. The van der Waals surface area contributed by atoms with E-state index in [0.29, 0.717) is 0 Å². The first-order valence-corrected chi connectivity index (χ1v) is 8.11. The SMILES string of the molecule is Cn1nnc2c(C(=O)Nc3cccc(Cl)c3NS(=O)O)ncn2c1=O. The molecule has 0 aliphatic heterocycles. The molecule has 0 spiro atoms. The zero-order valence-corrected chi connectivity index (χ0v) is 14.1. The van der Waals surface area contributed by atoms with Gasteiger partial charge in [-0.2, -0.15) is 4.68 Å². The highest BCUT2D eigenvalue weighted by molar-refractivity contribution is 7.80. The number of hydrogen-bond donors (Lipinski definition) is 3. The maximum atomic E-state index is 12.5. The number of anilines is 2. The lowest BCUT2D eigenvalue weighted by atomic mass is 10.2. The van der Waals surface area contributed by atoms with Gasteiger partial charge in [0, 0.05) is 7.05 Å². The fraction of sp³-hybridized carbons (Fsp3) is 0.0833. The minimum absolute atomic E-state index is 0.0251. The first-order valence-electron chi connectivity index (χ1n) is 6.63. The number of aromatic nitrogens is 5. The van der Waals surface area contributed by atoms with Crippen molar-refractivity contribution in [2.45, 2.75) is 0 Å². The molecule has 25 heavy (non-hydrogen) atoms. The lowest BCUT2D eigenvalue weighted by molar-refractivity contribution is 0.102. The zero-order valence-electron chi connectivity index (χ0n) is 12.5. The minimum atomic E-state index is -2.39. The maximum Gasteiger partial charge on any atom is 0.352 e. The van der Waals surface area contributed by atoms with E-state index in [0.717, 1.165) is 15.4 Å². The van der Waals surface area contributed by atoms with Gasteiger partial charge in [-0.15, -0.1) is 5.10 Å². The van der Waals surface area contributed by atoms with Crippen LogP contribution in [-0.4, -0.2) is 39.0 Å². The summed E-state index contributed by atoms with van der Waals surface area (Å²) in [7, 11) is 1.41. The van der Waals surface area contributed by atoms with Gasteiger partial charge in [0.05, 0.1) is 16.4 Å². The van der Waals surface area contributed by atoms with Crippen molar-refractivity contribution in [2.75, 3.05) is 10.0 Å². The van der Waals surface area contributed by atoms with Gasteiger partial charge in [0.15, 0.2) is 11.3 Å². The van der Waals surface area contributed by atoms with Crippen LogP contribution in [0.25, 0.3) is 5.65 Å². The second kappa shape index (κ2) is 6.58. The molecule has 0 saturated carbocycles. The Hall–Kier alpha value is -2.83. The van der Waals surface area contributed by atoms with Crippen molar-refractivity contribution < 1.29 is 13.6 Å². The molecule has 1 amide bonds. The highest BCUT2D eigenvalue weighted by atomic mass is 35.5. The van der Waals surface area contributed by atoms with Gasteiger partial charge in [-0.05, 0) is 12.1 Å². The normalized spacial score (nSPS) is 12.1. The van der Waals surface area contributed by atoms with Crippen molar-refractivity contribution in [3.63, 3.8) is 0 Å². The van der Waals surface area contributed by atoms with E-state index in [1.54, 1.807) is 6.07 Å². The van der Waals surface area contributed by atoms with Crippen LogP contribution in [0.1, 0.15) is 10.5 Å². The summed E-state index contributed by atoms with van der Waals surface area (Å²) in [6.07, 6.45) is 1.15. The summed E-state index contributed by atoms with van der Waals surface area (Å²) in [6, 6.07) is 4.50. The van der Waals surface area contributed by atoms with E-state index in [-0.39, 0.29) is 27.7 Å². The summed E-state index contributed by atoms with van der Waals surface area (Å²) in [5, 5.41) is 10.0. The summed E-state index contributed by atoms with van der Waals surface area (Å²) in [6.45, 7) is 0. The number of hydrogen-bond acceptors (Lipinski definition) is 6. The topological polar surface area (TPSA) is 144 Å². The molecule has 2 aromatic heterocycles.